The minimum Gasteiger partial charge on any atom is -0.296 e. The fraction of sp³-hybridized carbons (Fsp3) is 0.527. The Bertz CT molecular complexity index is 2180. The number of carbonyl (C=O) groups excluding carboxylic acids is 4. The molecule has 1 aromatic heterocycles. The van der Waals surface area contributed by atoms with Gasteiger partial charge in [-0.2, -0.15) is 0 Å². The Labute approximate surface area is 374 Å². The molecule has 1 N–H and O–H groups in total. The SMILES string of the molecule is C=CC(CC)C(=NC)c1cccc(C2Cc3c(CCCCCCCCCCCc4cccc5c4C(=C)C(C4CCC(=O)NC4=O)C5=O)cc(C4CCC[C@H]4C)cc3C2=O)n1.CC.[HH].[HH]. The van der Waals surface area contributed by atoms with E-state index in [1.165, 1.54) is 74.5 Å². The third-order valence-electron chi connectivity index (χ3n) is 14.3. The Morgan fingerprint density at radius 2 is 1.53 bits per heavy atom. The van der Waals surface area contributed by atoms with Crippen molar-refractivity contribution in [3.8, 4) is 0 Å². The highest BCUT2D eigenvalue weighted by Gasteiger charge is 2.45. The molecule has 3 aromatic rings. The zero-order valence-electron chi connectivity index (χ0n) is 38.3. The highest BCUT2D eigenvalue weighted by Crippen LogP contribution is 2.45. The molecular weight excluding hydrogens is 767 g/mol. The van der Waals surface area contributed by atoms with Gasteiger partial charge in [0.1, 0.15) is 0 Å². The van der Waals surface area contributed by atoms with Gasteiger partial charge in [-0.15, -0.1) is 6.58 Å². The van der Waals surface area contributed by atoms with E-state index in [4.69, 9.17) is 4.98 Å². The van der Waals surface area contributed by atoms with Crippen LogP contribution in [0.25, 0.3) is 5.57 Å². The van der Waals surface area contributed by atoms with Crippen molar-refractivity contribution in [3.63, 3.8) is 0 Å². The number of amides is 2. The number of piperidine rings is 1. The number of fused-ring (bicyclic) bond motifs is 2. The summed E-state index contributed by atoms with van der Waals surface area (Å²) in [6.45, 7) is 16.8. The van der Waals surface area contributed by atoms with Crippen LogP contribution in [-0.4, -0.2) is 41.1 Å². The van der Waals surface area contributed by atoms with E-state index in [1.54, 1.807) is 0 Å². The molecule has 62 heavy (non-hydrogen) atoms. The number of benzene rings is 2. The zero-order valence-corrected chi connectivity index (χ0v) is 38.3. The number of ketones is 2. The minimum absolute atomic E-state index is 0. The number of hydrogen-bond donors (Lipinski definition) is 1. The van der Waals surface area contributed by atoms with Crippen LogP contribution in [0.15, 0.2) is 72.8 Å². The summed E-state index contributed by atoms with van der Waals surface area (Å²) in [5.41, 5.74) is 11.0. The molecular formula is C55H75N3O4. The smallest absolute Gasteiger partial charge is 0.230 e. The number of aryl methyl sites for hydroxylation is 2. The number of unbranched alkanes of at least 4 members (excludes halogenated alkanes) is 8. The molecule has 5 unspecified atom stereocenters. The van der Waals surface area contributed by atoms with Crippen molar-refractivity contribution in [2.24, 2.45) is 28.7 Å². The van der Waals surface area contributed by atoms with E-state index in [2.05, 4.69) is 55.5 Å². The van der Waals surface area contributed by atoms with E-state index in [0.717, 1.165) is 84.3 Å². The van der Waals surface area contributed by atoms with Gasteiger partial charge in [-0.3, -0.25) is 34.5 Å². The van der Waals surface area contributed by atoms with Crippen molar-refractivity contribution in [1.82, 2.24) is 10.3 Å². The average Bonchev–Trinajstić information content (AvgIpc) is 3.95. The first kappa shape index (κ1) is 46.7. The number of Topliss-reactive ketones (excluding diaryl/α,β-unsaturated/α-hetero) is 2. The lowest BCUT2D eigenvalue weighted by Gasteiger charge is -2.26. The van der Waals surface area contributed by atoms with E-state index < -0.39 is 11.8 Å². The van der Waals surface area contributed by atoms with Crippen molar-refractivity contribution in [3.05, 3.63) is 118 Å². The van der Waals surface area contributed by atoms with Crippen molar-refractivity contribution >= 4 is 34.7 Å². The number of aromatic nitrogens is 1. The molecule has 4 aliphatic rings. The summed E-state index contributed by atoms with van der Waals surface area (Å²) >= 11 is 0. The summed E-state index contributed by atoms with van der Waals surface area (Å²) in [6, 6.07) is 16.7. The molecule has 2 fully saturated rings. The number of hydrogen-bond acceptors (Lipinski definition) is 6. The minimum atomic E-state index is -0.574. The van der Waals surface area contributed by atoms with Crippen LogP contribution >= 0.6 is 0 Å². The van der Waals surface area contributed by atoms with Crippen LogP contribution in [0.5, 0.6) is 0 Å². The number of pyridine rings is 1. The van der Waals surface area contributed by atoms with Gasteiger partial charge < -0.3 is 0 Å². The predicted octanol–water partition coefficient (Wildman–Crippen LogP) is 12.8. The van der Waals surface area contributed by atoms with Crippen molar-refractivity contribution in [1.29, 1.82) is 0 Å². The summed E-state index contributed by atoms with van der Waals surface area (Å²) in [7, 11) is 1.82. The number of aliphatic imine (C=N–C) groups is 1. The average molecular weight is 842 g/mol. The zero-order chi connectivity index (χ0) is 44.3. The molecule has 6 atom stereocenters. The molecule has 7 heteroatoms. The Morgan fingerprint density at radius 3 is 2.16 bits per heavy atom. The van der Waals surface area contributed by atoms with Gasteiger partial charge in [0.2, 0.25) is 11.8 Å². The van der Waals surface area contributed by atoms with Crippen LogP contribution < -0.4 is 5.32 Å². The number of nitrogens with one attached hydrogen (secondary N) is 1. The molecule has 0 bridgehead atoms. The fourth-order valence-electron chi connectivity index (χ4n) is 10.9. The van der Waals surface area contributed by atoms with Gasteiger partial charge >= 0.3 is 0 Å². The van der Waals surface area contributed by atoms with Crippen LogP contribution in [0.2, 0.25) is 0 Å². The standard InChI is InChI=1S/C53H65N3O4.C2H6.2H2/c1-6-35(7-2)50(54-5)46-27-19-26-45(55-46)44-32-42-37(30-38(31-43(42)51(44)58)39-24-17-20-33(39)3)22-16-14-12-10-8-9-11-13-15-21-36-23-18-25-40-48(36)34(4)49(52(40)59)41-28-29-47(57)56-53(41)60;1-2;;/h6,18-19,23,25-27,30-31,33,35,39,41,44,49H,1,4,7-17,20-22,24,28-29,32H2,2-3,5H3,(H,56,57,60);1-2H3;2*1H/t33-,35?,39?,41?,44?,49?;;;/m1.../s1. The van der Waals surface area contributed by atoms with E-state index in [-0.39, 0.29) is 44.5 Å². The molecule has 1 saturated heterocycles. The Balaban J connectivity index is 0.00000221. The molecule has 2 heterocycles. The second-order valence-corrected chi connectivity index (χ2v) is 18.1. The Morgan fingerprint density at radius 1 is 0.855 bits per heavy atom. The van der Waals surface area contributed by atoms with Crippen LogP contribution in [-0.2, 0) is 28.9 Å². The van der Waals surface area contributed by atoms with E-state index >= 15 is 0 Å². The van der Waals surface area contributed by atoms with Gasteiger partial charge in [-0.1, -0.05) is 128 Å². The first-order valence-electron chi connectivity index (χ1n) is 24.1. The molecule has 3 aliphatic carbocycles. The predicted molar refractivity (Wildman–Crippen MR) is 257 cm³/mol. The van der Waals surface area contributed by atoms with Gasteiger partial charge in [0.25, 0.3) is 0 Å². The second kappa shape index (κ2) is 22.0. The van der Waals surface area contributed by atoms with Gasteiger partial charge in [0.05, 0.1) is 34.9 Å². The lowest BCUT2D eigenvalue weighted by molar-refractivity contribution is -0.136. The monoisotopic (exact) mass is 842 g/mol. The maximum Gasteiger partial charge on any atom is 0.230 e. The van der Waals surface area contributed by atoms with Crippen LogP contribution in [0.4, 0.5) is 0 Å². The summed E-state index contributed by atoms with van der Waals surface area (Å²) in [5.74, 6) is -0.483. The summed E-state index contributed by atoms with van der Waals surface area (Å²) < 4.78 is 0. The third kappa shape index (κ3) is 10.2. The van der Waals surface area contributed by atoms with Gasteiger partial charge in [-0.05, 0) is 115 Å². The summed E-state index contributed by atoms with van der Waals surface area (Å²) in [6.07, 6.45) is 20.5. The largest absolute Gasteiger partial charge is 0.296 e. The van der Waals surface area contributed by atoms with E-state index in [0.29, 0.717) is 23.8 Å². The van der Waals surface area contributed by atoms with Gasteiger partial charge in [0, 0.05) is 33.4 Å². The van der Waals surface area contributed by atoms with Crippen LogP contribution in [0.1, 0.15) is 199 Å². The molecule has 7 nitrogen and oxygen atoms in total. The van der Waals surface area contributed by atoms with Crippen LogP contribution in [0.3, 0.4) is 0 Å². The number of rotatable bonds is 19. The molecule has 2 amide bonds. The Hall–Kier alpha value is -4.78. The molecule has 7 rings (SSSR count). The van der Waals surface area contributed by atoms with E-state index in [9.17, 15) is 19.2 Å². The normalized spacial score (nSPS) is 22.6. The molecule has 2 aromatic carbocycles. The maximum absolute atomic E-state index is 14.2. The van der Waals surface area contributed by atoms with Crippen molar-refractivity contribution in [2.75, 3.05) is 7.05 Å². The fourth-order valence-corrected chi connectivity index (χ4v) is 10.9. The lowest BCUT2D eigenvalue weighted by Crippen LogP contribution is -2.44. The number of allylic oxidation sites excluding steroid dienone is 2. The topological polar surface area (TPSA) is 106 Å². The van der Waals surface area contributed by atoms with E-state index in [1.807, 2.05) is 57.3 Å². The van der Waals surface area contributed by atoms with Crippen molar-refractivity contribution < 1.29 is 22.0 Å². The maximum atomic E-state index is 14.2. The highest BCUT2D eigenvalue weighted by molar-refractivity contribution is 6.17. The molecule has 0 radical (unpaired) electrons. The third-order valence-corrected chi connectivity index (χ3v) is 14.3. The van der Waals surface area contributed by atoms with Gasteiger partial charge in [0.15, 0.2) is 11.6 Å². The highest BCUT2D eigenvalue weighted by atomic mass is 16.2. The Kier molecular flexibility index (Phi) is 16.6. The number of carbonyl (C=O) groups is 4. The molecule has 1 saturated carbocycles. The van der Waals surface area contributed by atoms with Gasteiger partial charge in [-0.25, -0.2) is 0 Å². The van der Waals surface area contributed by atoms with Crippen LogP contribution in [0, 0.1) is 23.7 Å². The quantitative estimate of drug-likeness (QED) is 0.0560. The van der Waals surface area contributed by atoms with Crippen molar-refractivity contribution in [2.45, 2.75) is 155 Å². The second-order valence-electron chi connectivity index (χ2n) is 18.1. The summed E-state index contributed by atoms with van der Waals surface area (Å²) in [4.78, 5) is 61.7. The number of nitrogens with zero attached hydrogens (tertiary/aromatic N) is 2. The number of imide groups is 1. The lowest BCUT2D eigenvalue weighted by atomic mass is 9.80. The molecule has 1 aliphatic heterocycles. The first-order valence-corrected chi connectivity index (χ1v) is 24.1. The molecule has 0 spiro atoms. The first-order chi connectivity index (χ1) is 30.1. The summed E-state index contributed by atoms with van der Waals surface area (Å²) in [5, 5.41) is 2.42. The molecule has 334 valence electrons.